The van der Waals surface area contributed by atoms with Crippen molar-refractivity contribution in [1.82, 2.24) is 4.98 Å². The fourth-order valence-electron chi connectivity index (χ4n) is 1.77. The zero-order chi connectivity index (χ0) is 15.2. The van der Waals surface area contributed by atoms with E-state index in [1.807, 2.05) is 31.2 Å². The SMILES string of the molecule is COc1ccc(NC(N)=NCC(C)c2nc(C)cs2)cc1.I. The number of halogens is 1. The maximum atomic E-state index is 5.90. The molecule has 3 N–H and O–H groups in total. The first-order valence-corrected chi connectivity index (χ1v) is 7.59. The Balaban J connectivity index is 0.00000242. The molecular weight excluding hydrogens is 411 g/mol. The van der Waals surface area contributed by atoms with Gasteiger partial charge < -0.3 is 15.8 Å². The maximum Gasteiger partial charge on any atom is 0.193 e. The van der Waals surface area contributed by atoms with Crippen molar-refractivity contribution in [2.75, 3.05) is 19.0 Å². The van der Waals surface area contributed by atoms with Crippen molar-refractivity contribution in [1.29, 1.82) is 0 Å². The van der Waals surface area contributed by atoms with Crippen molar-refractivity contribution in [3.8, 4) is 5.75 Å². The van der Waals surface area contributed by atoms with Gasteiger partial charge in [0, 0.05) is 22.7 Å². The molecule has 1 heterocycles. The van der Waals surface area contributed by atoms with Gasteiger partial charge in [-0.25, -0.2) is 4.98 Å². The van der Waals surface area contributed by atoms with E-state index >= 15 is 0 Å². The molecule has 1 aromatic carbocycles. The van der Waals surface area contributed by atoms with Crippen LogP contribution in [0.5, 0.6) is 5.75 Å². The molecule has 0 spiro atoms. The predicted octanol–water partition coefficient (Wildman–Crippen LogP) is 3.61. The van der Waals surface area contributed by atoms with Crippen LogP contribution < -0.4 is 15.8 Å². The number of hydrogen-bond acceptors (Lipinski definition) is 4. The fourth-order valence-corrected chi connectivity index (χ4v) is 2.62. The van der Waals surface area contributed by atoms with Crippen LogP contribution in [0.4, 0.5) is 5.69 Å². The second kappa shape index (κ2) is 8.94. The molecular formula is C15H21IN4OS. The van der Waals surface area contributed by atoms with E-state index in [0.717, 1.165) is 22.1 Å². The highest BCUT2D eigenvalue weighted by Gasteiger charge is 2.08. The molecule has 0 aliphatic heterocycles. The number of aryl methyl sites for hydroxylation is 1. The molecule has 1 atom stereocenters. The average molecular weight is 432 g/mol. The van der Waals surface area contributed by atoms with Gasteiger partial charge in [-0.1, -0.05) is 6.92 Å². The van der Waals surface area contributed by atoms with E-state index in [1.54, 1.807) is 18.4 Å². The molecule has 22 heavy (non-hydrogen) atoms. The summed E-state index contributed by atoms with van der Waals surface area (Å²) in [5.74, 6) is 1.48. The summed E-state index contributed by atoms with van der Waals surface area (Å²) in [4.78, 5) is 8.83. The van der Waals surface area contributed by atoms with E-state index < -0.39 is 0 Å². The van der Waals surface area contributed by atoms with Gasteiger partial charge in [-0.05, 0) is 31.2 Å². The van der Waals surface area contributed by atoms with Crippen molar-refractivity contribution in [2.24, 2.45) is 10.7 Å². The maximum absolute atomic E-state index is 5.90. The summed E-state index contributed by atoms with van der Waals surface area (Å²) in [5.41, 5.74) is 7.83. The molecule has 0 fully saturated rings. The molecule has 1 aromatic heterocycles. The van der Waals surface area contributed by atoms with E-state index in [9.17, 15) is 0 Å². The third kappa shape index (κ3) is 5.45. The quantitative estimate of drug-likeness (QED) is 0.430. The first kappa shape index (κ1) is 18.7. The van der Waals surface area contributed by atoms with Gasteiger partial charge in [0.15, 0.2) is 5.96 Å². The Hall–Kier alpha value is -1.35. The molecule has 0 aliphatic carbocycles. The first-order chi connectivity index (χ1) is 10.1. The number of aromatic nitrogens is 1. The number of nitrogens with zero attached hydrogens (tertiary/aromatic N) is 2. The Morgan fingerprint density at radius 1 is 1.41 bits per heavy atom. The molecule has 2 aromatic rings. The van der Waals surface area contributed by atoms with Gasteiger partial charge in [0.2, 0.25) is 0 Å². The summed E-state index contributed by atoms with van der Waals surface area (Å²) in [7, 11) is 1.64. The second-order valence-corrected chi connectivity index (χ2v) is 5.70. The number of nitrogens with two attached hydrogens (primary N) is 1. The smallest absolute Gasteiger partial charge is 0.193 e. The number of thiazole rings is 1. The Morgan fingerprint density at radius 3 is 2.64 bits per heavy atom. The molecule has 1 unspecified atom stereocenters. The summed E-state index contributed by atoms with van der Waals surface area (Å²) in [6.07, 6.45) is 0. The average Bonchev–Trinajstić information content (AvgIpc) is 2.92. The number of methoxy groups -OCH3 is 1. The van der Waals surface area contributed by atoms with E-state index in [-0.39, 0.29) is 29.9 Å². The Labute approximate surface area is 152 Å². The molecule has 0 radical (unpaired) electrons. The predicted molar refractivity (Wildman–Crippen MR) is 104 cm³/mol. The normalized spacial score (nSPS) is 12.4. The minimum Gasteiger partial charge on any atom is -0.497 e. The van der Waals surface area contributed by atoms with Crippen LogP contribution in [-0.2, 0) is 0 Å². The van der Waals surface area contributed by atoms with E-state index in [2.05, 4.69) is 27.6 Å². The number of anilines is 1. The zero-order valence-electron chi connectivity index (χ0n) is 12.9. The van der Waals surface area contributed by atoms with Gasteiger partial charge in [0.25, 0.3) is 0 Å². The zero-order valence-corrected chi connectivity index (χ0v) is 16.0. The summed E-state index contributed by atoms with van der Waals surface area (Å²) < 4.78 is 5.11. The Morgan fingerprint density at radius 2 is 2.09 bits per heavy atom. The van der Waals surface area contributed by atoms with Gasteiger partial charge in [-0.3, -0.25) is 4.99 Å². The second-order valence-electron chi connectivity index (χ2n) is 4.81. The number of rotatable bonds is 5. The van der Waals surface area contributed by atoms with Crippen LogP contribution in [-0.4, -0.2) is 24.6 Å². The van der Waals surface area contributed by atoms with Crippen LogP contribution in [0.15, 0.2) is 34.6 Å². The molecule has 5 nitrogen and oxygen atoms in total. The third-order valence-corrected chi connectivity index (χ3v) is 4.15. The number of benzene rings is 1. The van der Waals surface area contributed by atoms with Crippen molar-refractivity contribution in [2.45, 2.75) is 19.8 Å². The van der Waals surface area contributed by atoms with Crippen LogP contribution in [0.2, 0.25) is 0 Å². The van der Waals surface area contributed by atoms with E-state index in [0.29, 0.717) is 12.5 Å². The summed E-state index contributed by atoms with van der Waals surface area (Å²) in [6, 6.07) is 7.54. The van der Waals surface area contributed by atoms with Gasteiger partial charge >= 0.3 is 0 Å². The molecule has 0 amide bonds. The van der Waals surface area contributed by atoms with Crippen molar-refractivity contribution >= 4 is 47.0 Å². The van der Waals surface area contributed by atoms with E-state index in [1.165, 1.54) is 0 Å². The van der Waals surface area contributed by atoms with Crippen LogP contribution in [0, 0.1) is 6.92 Å². The number of ether oxygens (including phenoxy) is 1. The van der Waals surface area contributed by atoms with Crippen LogP contribution in [0.25, 0.3) is 0 Å². The summed E-state index contributed by atoms with van der Waals surface area (Å²) in [5, 5.41) is 6.20. The van der Waals surface area contributed by atoms with Gasteiger partial charge in [-0.15, -0.1) is 35.3 Å². The molecule has 0 saturated heterocycles. The Bertz CT molecular complexity index is 612. The van der Waals surface area contributed by atoms with Gasteiger partial charge in [-0.2, -0.15) is 0 Å². The van der Waals surface area contributed by atoms with Gasteiger partial charge in [0.05, 0.1) is 18.7 Å². The molecule has 0 bridgehead atoms. The number of aliphatic imine (C=N–C) groups is 1. The van der Waals surface area contributed by atoms with Crippen LogP contribution in [0.3, 0.4) is 0 Å². The molecule has 0 saturated carbocycles. The highest BCUT2D eigenvalue weighted by atomic mass is 127. The van der Waals surface area contributed by atoms with Crippen LogP contribution in [0.1, 0.15) is 23.5 Å². The lowest BCUT2D eigenvalue weighted by Gasteiger charge is -2.08. The van der Waals surface area contributed by atoms with Crippen molar-refractivity contribution in [3.05, 3.63) is 40.3 Å². The lowest BCUT2D eigenvalue weighted by Crippen LogP contribution is -2.23. The topological polar surface area (TPSA) is 72.5 Å². The minimum atomic E-state index is 0. The number of hydrogen-bond donors (Lipinski definition) is 2. The molecule has 7 heteroatoms. The molecule has 120 valence electrons. The number of guanidine groups is 1. The molecule has 0 aliphatic rings. The van der Waals surface area contributed by atoms with E-state index in [4.69, 9.17) is 10.5 Å². The lowest BCUT2D eigenvalue weighted by molar-refractivity contribution is 0.415. The third-order valence-electron chi connectivity index (χ3n) is 2.96. The summed E-state index contributed by atoms with van der Waals surface area (Å²) >= 11 is 1.66. The minimum absolute atomic E-state index is 0. The first-order valence-electron chi connectivity index (χ1n) is 6.71. The monoisotopic (exact) mass is 432 g/mol. The highest BCUT2D eigenvalue weighted by Crippen LogP contribution is 2.20. The Kier molecular flexibility index (Phi) is 7.60. The van der Waals surface area contributed by atoms with Crippen molar-refractivity contribution < 1.29 is 4.74 Å². The fraction of sp³-hybridized carbons (Fsp3) is 0.333. The standard InChI is InChI=1S/C15H20N4OS.HI/c1-10(14-18-11(2)9-21-14)8-17-15(16)19-12-4-6-13(20-3)7-5-12;/h4-7,9-10H,8H2,1-3H3,(H3,16,17,19);1H. The molecule has 2 rings (SSSR count). The van der Waals surface area contributed by atoms with Crippen molar-refractivity contribution in [3.63, 3.8) is 0 Å². The van der Waals surface area contributed by atoms with Gasteiger partial charge in [0.1, 0.15) is 5.75 Å². The van der Waals surface area contributed by atoms with Crippen LogP contribution >= 0.6 is 35.3 Å². The lowest BCUT2D eigenvalue weighted by atomic mass is 10.2. The highest BCUT2D eigenvalue weighted by molar-refractivity contribution is 14.0. The summed E-state index contributed by atoms with van der Waals surface area (Å²) in [6.45, 7) is 4.71. The number of nitrogens with one attached hydrogen (secondary N) is 1. The largest absolute Gasteiger partial charge is 0.497 e.